The van der Waals surface area contributed by atoms with Crippen molar-refractivity contribution in [2.75, 3.05) is 5.32 Å². The summed E-state index contributed by atoms with van der Waals surface area (Å²) in [6, 6.07) is 42.4. The topological polar surface area (TPSA) is 36.1 Å². The zero-order valence-electron chi connectivity index (χ0n) is 31.5. The van der Waals surface area contributed by atoms with Crippen molar-refractivity contribution < 1.29 is 0 Å². The molecule has 0 saturated heterocycles. The monoisotopic (exact) mass is 713 g/mol. The fraction of sp³-hybridized carbons (Fsp3) is 0.192. The third-order valence-corrected chi connectivity index (χ3v) is 12.3. The van der Waals surface area contributed by atoms with E-state index in [9.17, 15) is 0 Å². The maximum Gasteiger partial charge on any atom is 0.104 e. The third kappa shape index (κ3) is 6.64. The molecule has 0 amide bonds. The molecule has 0 fully saturated rings. The van der Waals surface area contributed by atoms with Crippen LogP contribution >= 0.6 is 0 Å². The summed E-state index contributed by atoms with van der Waals surface area (Å²) < 4.78 is 0. The van der Waals surface area contributed by atoms with Crippen molar-refractivity contribution in [1.82, 2.24) is 10.6 Å². The minimum atomic E-state index is 0.0165. The first-order valence-electron chi connectivity index (χ1n) is 20.1. The maximum atomic E-state index is 3.95. The SMILES string of the molecule is Cc1ccccc1C1C=C(C2=CC=C(C3=CC(c4ccc5ccccc5c4)Nc4ccc(C5=CC6=C(C=CCC6)CC5)cc43)CC2)NC(c2ccccc2)N1. The molecule has 2 aliphatic heterocycles. The summed E-state index contributed by atoms with van der Waals surface area (Å²) in [6.07, 6.45) is 23.3. The first kappa shape index (κ1) is 33.7. The standard InChI is InChI=1S/C52H47N3/c1-34-11-5-10-18-45(34)51-33-50(54-52(55-51)39-14-3-2-4-15-39)38-23-21-37(22-24-38)46-32-49(44-26-20-36-13-7-9-17-41(36)30-44)53-48-28-27-43(31-47(46)48)42-25-19-35-12-6-8-16-40(35)29-42/h2-7,9-15,17-18,20-21,23,26-33,49,51-55H,8,16,19,22,24-25H2,1H3. The van der Waals surface area contributed by atoms with E-state index >= 15 is 0 Å². The highest BCUT2D eigenvalue weighted by Gasteiger charge is 2.28. The predicted octanol–water partition coefficient (Wildman–Crippen LogP) is 12.7. The van der Waals surface area contributed by atoms with Crippen molar-refractivity contribution in [2.24, 2.45) is 0 Å². The molecule has 3 N–H and O–H groups in total. The Labute approximate surface area is 325 Å². The second-order valence-corrected chi connectivity index (χ2v) is 15.7. The van der Waals surface area contributed by atoms with Crippen LogP contribution in [0.15, 0.2) is 186 Å². The van der Waals surface area contributed by atoms with Crippen molar-refractivity contribution in [3.8, 4) is 0 Å². The van der Waals surface area contributed by atoms with Gasteiger partial charge in [-0.3, -0.25) is 5.32 Å². The van der Waals surface area contributed by atoms with Crippen LogP contribution in [0.5, 0.6) is 0 Å². The molecule has 3 aliphatic carbocycles. The Bertz CT molecular complexity index is 2540. The van der Waals surface area contributed by atoms with Gasteiger partial charge in [-0.05, 0) is 148 Å². The number of benzene rings is 5. The van der Waals surface area contributed by atoms with E-state index in [1.54, 1.807) is 0 Å². The Balaban J connectivity index is 1.03. The Morgan fingerprint density at radius 1 is 0.582 bits per heavy atom. The van der Waals surface area contributed by atoms with Crippen molar-refractivity contribution in [3.63, 3.8) is 0 Å². The van der Waals surface area contributed by atoms with Crippen molar-refractivity contribution in [3.05, 3.63) is 219 Å². The molecule has 55 heavy (non-hydrogen) atoms. The van der Waals surface area contributed by atoms with Gasteiger partial charge in [0.25, 0.3) is 0 Å². The van der Waals surface area contributed by atoms with Gasteiger partial charge in [-0.2, -0.15) is 0 Å². The lowest BCUT2D eigenvalue weighted by atomic mass is 9.81. The highest BCUT2D eigenvalue weighted by atomic mass is 15.2. The predicted molar refractivity (Wildman–Crippen MR) is 230 cm³/mol. The summed E-state index contributed by atoms with van der Waals surface area (Å²) in [6.45, 7) is 2.22. The molecule has 270 valence electrons. The van der Waals surface area contributed by atoms with Crippen LogP contribution in [0.1, 0.15) is 90.2 Å². The molecule has 2 heterocycles. The van der Waals surface area contributed by atoms with Gasteiger partial charge in [0, 0.05) is 16.9 Å². The van der Waals surface area contributed by atoms with E-state index in [1.807, 2.05) is 0 Å². The molecule has 0 bridgehead atoms. The zero-order valence-corrected chi connectivity index (χ0v) is 31.5. The van der Waals surface area contributed by atoms with Crippen LogP contribution in [0.2, 0.25) is 0 Å². The molecule has 10 rings (SSSR count). The van der Waals surface area contributed by atoms with Crippen molar-refractivity contribution in [1.29, 1.82) is 0 Å². The van der Waals surface area contributed by atoms with Gasteiger partial charge in [0.05, 0.1) is 12.1 Å². The second-order valence-electron chi connectivity index (χ2n) is 15.7. The largest absolute Gasteiger partial charge is 0.374 e. The van der Waals surface area contributed by atoms with Gasteiger partial charge in [0.15, 0.2) is 0 Å². The van der Waals surface area contributed by atoms with E-state index in [4.69, 9.17) is 0 Å². The third-order valence-electron chi connectivity index (χ3n) is 12.3. The molecule has 3 unspecified atom stereocenters. The van der Waals surface area contributed by atoms with Crippen LogP contribution in [-0.4, -0.2) is 0 Å². The summed E-state index contributed by atoms with van der Waals surface area (Å²) in [7, 11) is 0. The molecule has 5 aromatic carbocycles. The maximum absolute atomic E-state index is 3.95. The molecule has 5 aliphatic rings. The summed E-state index contributed by atoms with van der Waals surface area (Å²) in [5.41, 5.74) is 18.9. The number of hydrogen-bond donors (Lipinski definition) is 3. The van der Waals surface area contributed by atoms with E-state index in [0.717, 1.165) is 38.5 Å². The van der Waals surface area contributed by atoms with Crippen molar-refractivity contribution in [2.45, 2.75) is 63.7 Å². The molecule has 0 saturated carbocycles. The second kappa shape index (κ2) is 14.4. The van der Waals surface area contributed by atoms with E-state index in [0.29, 0.717) is 0 Å². The van der Waals surface area contributed by atoms with Gasteiger partial charge < -0.3 is 10.6 Å². The summed E-state index contributed by atoms with van der Waals surface area (Å²) in [5.74, 6) is 0. The number of fused-ring (bicyclic) bond motifs is 2. The van der Waals surface area contributed by atoms with E-state index in [-0.39, 0.29) is 18.2 Å². The lowest BCUT2D eigenvalue weighted by molar-refractivity contribution is 0.417. The van der Waals surface area contributed by atoms with Crippen LogP contribution in [0, 0.1) is 6.92 Å². The van der Waals surface area contributed by atoms with Gasteiger partial charge >= 0.3 is 0 Å². The average molecular weight is 714 g/mol. The number of hydrogen-bond acceptors (Lipinski definition) is 3. The van der Waals surface area contributed by atoms with Crippen LogP contribution in [0.25, 0.3) is 21.9 Å². The lowest BCUT2D eigenvalue weighted by Crippen LogP contribution is -2.40. The molecule has 3 heteroatoms. The average Bonchev–Trinajstić information content (AvgIpc) is 3.26. The molecule has 0 spiro atoms. The molecule has 3 atom stereocenters. The number of allylic oxidation sites excluding steroid dienone is 11. The molecular weight excluding hydrogens is 667 g/mol. The smallest absolute Gasteiger partial charge is 0.104 e. The highest BCUT2D eigenvalue weighted by molar-refractivity contribution is 5.92. The first-order valence-corrected chi connectivity index (χ1v) is 20.1. The van der Waals surface area contributed by atoms with Gasteiger partial charge in [0.2, 0.25) is 0 Å². The van der Waals surface area contributed by atoms with Gasteiger partial charge in [-0.1, -0.05) is 127 Å². The van der Waals surface area contributed by atoms with Gasteiger partial charge in [0.1, 0.15) is 6.17 Å². The molecule has 0 radical (unpaired) electrons. The van der Waals surface area contributed by atoms with Gasteiger partial charge in [-0.15, -0.1) is 0 Å². The van der Waals surface area contributed by atoms with Crippen LogP contribution < -0.4 is 16.0 Å². The highest BCUT2D eigenvalue weighted by Crippen LogP contribution is 2.45. The fourth-order valence-corrected chi connectivity index (χ4v) is 9.21. The number of aryl methyl sites for hydroxylation is 1. The minimum absolute atomic E-state index is 0.0165. The molecule has 3 nitrogen and oxygen atoms in total. The normalized spacial score (nSPS) is 21.9. The summed E-state index contributed by atoms with van der Waals surface area (Å²) in [4.78, 5) is 0. The van der Waals surface area contributed by atoms with E-state index in [1.165, 1.54) is 89.0 Å². The Kier molecular flexibility index (Phi) is 8.81. The lowest BCUT2D eigenvalue weighted by Gasteiger charge is -2.35. The summed E-state index contributed by atoms with van der Waals surface area (Å²) >= 11 is 0. The van der Waals surface area contributed by atoms with Crippen molar-refractivity contribution >= 4 is 27.6 Å². The van der Waals surface area contributed by atoms with Crippen LogP contribution in [0.4, 0.5) is 5.69 Å². The van der Waals surface area contributed by atoms with Gasteiger partial charge in [-0.25, -0.2) is 0 Å². The first-order chi connectivity index (χ1) is 27.1. The minimum Gasteiger partial charge on any atom is -0.374 e. The molecule has 5 aromatic rings. The quantitative estimate of drug-likeness (QED) is 0.164. The number of rotatable bonds is 6. The number of nitrogens with one attached hydrogen (secondary N) is 3. The fourth-order valence-electron chi connectivity index (χ4n) is 9.21. The molecule has 0 aromatic heterocycles. The Hall–Kier alpha value is -5.90. The Morgan fingerprint density at radius 2 is 1.38 bits per heavy atom. The van der Waals surface area contributed by atoms with Crippen LogP contribution in [-0.2, 0) is 0 Å². The zero-order chi connectivity index (χ0) is 36.7. The Morgan fingerprint density at radius 3 is 2.25 bits per heavy atom. The van der Waals surface area contributed by atoms with Crippen LogP contribution in [0.3, 0.4) is 0 Å². The number of anilines is 1. The summed E-state index contributed by atoms with van der Waals surface area (Å²) in [5, 5.41) is 14.3. The van der Waals surface area contributed by atoms with E-state index < -0.39 is 0 Å². The van der Waals surface area contributed by atoms with E-state index in [2.05, 4.69) is 181 Å². The molecular formula is C52H47N3.